The molecule has 2 heterocycles. The van der Waals surface area contributed by atoms with Crippen LogP contribution >= 0.6 is 11.8 Å². The third kappa shape index (κ3) is 4.55. The summed E-state index contributed by atoms with van der Waals surface area (Å²) >= 11 is 1.27. The van der Waals surface area contributed by atoms with Crippen molar-refractivity contribution < 1.29 is 13.2 Å². The number of amides is 1. The number of primary sulfonamides is 1. The lowest BCUT2D eigenvalue weighted by Gasteiger charge is -2.12. The van der Waals surface area contributed by atoms with Crippen molar-refractivity contribution in [3.05, 3.63) is 48.8 Å². The fraction of sp³-hybridized carbons (Fsp3) is 0.176. The predicted octanol–water partition coefficient (Wildman–Crippen LogP) is 1.64. The summed E-state index contributed by atoms with van der Waals surface area (Å²) in [5.74, 6) is 0.429. The topological polar surface area (TPSA) is 133 Å². The molecule has 9 nitrogen and oxygen atoms in total. The minimum atomic E-state index is -3.77. The molecule has 1 amide bonds. The Morgan fingerprint density at radius 1 is 1.14 bits per heavy atom. The summed E-state index contributed by atoms with van der Waals surface area (Å²) in [6, 6.07) is 9.32. The molecule has 0 fully saturated rings. The van der Waals surface area contributed by atoms with E-state index in [9.17, 15) is 13.2 Å². The van der Waals surface area contributed by atoms with E-state index in [-0.39, 0.29) is 10.8 Å². The highest BCUT2D eigenvalue weighted by Crippen LogP contribution is 2.26. The monoisotopic (exact) mass is 418 g/mol. The van der Waals surface area contributed by atoms with Crippen LogP contribution in [-0.2, 0) is 21.9 Å². The second-order valence-corrected chi connectivity index (χ2v) is 8.79. The van der Waals surface area contributed by atoms with Crippen molar-refractivity contribution in [1.82, 2.24) is 19.7 Å². The molecular formula is C17H18N6O3S2. The Kier molecular flexibility index (Phi) is 5.77. The minimum Gasteiger partial charge on any atom is -0.325 e. The first-order valence-corrected chi connectivity index (χ1v) is 10.6. The van der Waals surface area contributed by atoms with Crippen LogP contribution in [0.3, 0.4) is 0 Å². The zero-order valence-electron chi connectivity index (χ0n) is 15.1. The Labute approximate surface area is 166 Å². The first kappa shape index (κ1) is 20.0. The van der Waals surface area contributed by atoms with E-state index < -0.39 is 15.3 Å². The average molecular weight is 419 g/mol. The highest BCUT2D eigenvalue weighted by molar-refractivity contribution is 8.00. The molecule has 0 aliphatic rings. The Morgan fingerprint density at radius 3 is 2.39 bits per heavy atom. The van der Waals surface area contributed by atoms with Gasteiger partial charge in [0.2, 0.25) is 15.9 Å². The zero-order chi connectivity index (χ0) is 20.3. The lowest BCUT2D eigenvalue weighted by atomic mass is 10.2. The van der Waals surface area contributed by atoms with Gasteiger partial charge >= 0.3 is 0 Å². The van der Waals surface area contributed by atoms with Gasteiger partial charge in [-0.25, -0.2) is 13.6 Å². The summed E-state index contributed by atoms with van der Waals surface area (Å²) in [7, 11) is -1.94. The van der Waals surface area contributed by atoms with Crippen LogP contribution in [0.4, 0.5) is 5.69 Å². The van der Waals surface area contributed by atoms with E-state index >= 15 is 0 Å². The molecule has 1 atom stereocenters. The van der Waals surface area contributed by atoms with Gasteiger partial charge in [0.25, 0.3) is 0 Å². The Bertz CT molecular complexity index is 1080. The highest BCUT2D eigenvalue weighted by Gasteiger charge is 2.19. The van der Waals surface area contributed by atoms with Crippen LogP contribution in [0.15, 0.2) is 58.8 Å². The molecule has 28 heavy (non-hydrogen) atoms. The van der Waals surface area contributed by atoms with E-state index in [1.165, 1.54) is 36.0 Å². The van der Waals surface area contributed by atoms with Gasteiger partial charge in [-0.3, -0.25) is 9.78 Å². The van der Waals surface area contributed by atoms with Crippen LogP contribution in [0, 0.1) is 0 Å². The van der Waals surface area contributed by atoms with Gasteiger partial charge in [0, 0.05) is 30.7 Å². The maximum absolute atomic E-state index is 12.4. The van der Waals surface area contributed by atoms with Crippen LogP contribution in [0.5, 0.6) is 0 Å². The fourth-order valence-electron chi connectivity index (χ4n) is 2.35. The number of aromatic nitrogens is 4. The van der Waals surface area contributed by atoms with Crippen LogP contribution in [0.25, 0.3) is 11.4 Å². The molecule has 3 rings (SSSR count). The molecule has 0 saturated carbocycles. The average Bonchev–Trinajstić information content (AvgIpc) is 3.02. The van der Waals surface area contributed by atoms with Crippen LogP contribution < -0.4 is 10.5 Å². The first-order valence-electron chi connectivity index (χ1n) is 8.16. The molecule has 0 radical (unpaired) electrons. The molecule has 0 aliphatic carbocycles. The van der Waals surface area contributed by atoms with Gasteiger partial charge in [0.1, 0.15) is 0 Å². The molecule has 0 unspecified atom stereocenters. The van der Waals surface area contributed by atoms with E-state index in [1.807, 2.05) is 23.7 Å². The summed E-state index contributed by atoms with van der Waals surface area (Å²) in [5, 5.41) is 16.3. The van der Waals surface area contributed by atoms with Gasteiger partial charge in [0.05, 0.1) is 10.1 Å². The third-order valence-electron chi connectivity index (χ3n) is 3.88. The van der Waals surface area contributed by atoms with E-state index in [4.69, 9.17) is 5.14 Å². The number of nitrogens with one attached hydrogen (secondary N) is 1. The standard InChI is InChI=1S/C17H18N6O3S2/c1-11(16(24)20-13-3-5-14(6-4-13)28(18,25)26)27-17-22-21-15(23(17)2)12-7-9-19-10-8-12/h3-11H,1-2H3,(H,20,24)(H2,18,25,26)/t11-/m0/s1. The number of nitrogens with zero attached hydrogens (tertiary/aromatic N) is 4. The normalized spacial score (nSPS) is 12.5. The Balaban J connectivity index is 1.67. The number of nitrogens with two attached hydrogens (primary N) is 1. The van der Waals surface area contributed by atoms with Crippen molar-refractivity contribution in [3.63, 3.8) is 0 Å². The number of sulfonamides is 1. The lowest BCUT2D eigenvalue weighted by Crippen LogP contribution is -2.23. The van der Waals surface area contributed by atoms with Crippen molar-refractivity contribution in [2.75, 3.05) is 5.32 Å². The fourth-order valence-corrected chi connectivity index (χ4v) is 3.68. The first-order chi connectivity index (χ1) is 13.3. The largest absolute Gasteiger partial charge is 0.325 e. The number of rotatable bonds is 6. The maximum Gasteiger partial charge on any atom is 0.238 e. The number of anilines is 1. The van der Waals surface area contributed by atoms with Gasteiger partial charge < -0.3 is 9.88 Å². The molecule has 146 valence electrons. The smallest absolute Gasteiger partial charge is 0.238 e. The summed E-state index contributed by atoms with van der Waals surface area (Å²) in [6.07, 6.45) is 3.35. The molecule has 0 saturated heterocycles. The van der Waals surface area contributed by atoms with E-state index in [1.54, 1.807) is 19.3 Å². The number of thioether (sulfide) groups is 1. The molecule has 1 aromatic carbocycles. The Hall–Kier alpha value is -2.76. The SMILES string of the molecule is C[C@H](Sc1nnc(-c2ccncc2)n1C)C(=O)Nc1ccc(S(N)(=O)=O)cc1. The van der Waals surface area contributed by atoms with Gasteiger partial charge in [-0.05, 0) is 43.3 Å². The van der Waals surface area contributed by atoms with Gasteiger partial charge in [-0.2, -0.15) is 0 Å². The van der Waals surface area contributed by atoms with Crippen molar-refractivity contribution in [2.45, 2.75) is 22.2 Å². The maximum atomic E-state index is 12.4. The summed E-state index contributed by atoms with van der Waals surface area (Å²) in [5.41, 5.74) is 1.35. The van der Waals surface area contributed by atoms with Crippen LogP contribution in [0.1, 0.15) is 6.92 Å². The number of pyridine rings is 1. The van der Waals surface area contributed by atoms with Crippen molar-refractivity contribution in [3.8, 4) is 11.4 Å². The molecule has 3 aromatic rings. The molecule has 0 bridgehead atoms. The summed E-state index contributed by atoms with van der Waals surface area (Å²) < 4.78 is 24.4. The molecular weight excluding hydrogens is 400 g/mol. The highest BCUT2D eigenvalue weighted by atomic mass is 32.2. The van der Waals surface area contributed by atoms with Crippen molar-refractivity contribution in [2.24, 2.45) is 12.2 Å². The second-order valence-electron chi connectivity index (χ2n) is 5.92. The van der Waals surface area contributed by atoms with E-state index in [0.29, 0.717) is 16.7 Å². The number of hydrogen-bond donors (Lipinski definition) is 2. The predicted molar refractivity (Wildman–Crippen MR) is 106 cm³/mol. The summed E-state index contributed by atoms with van der Waals surface area (Å²) in [6.45, 7) is 1.75. The molecule has 0 aliphatic heterocycles. The van der Waals surface area contributed by atoms with Crippen molar-refractivity contribution >= 4 is 33.4 Å². The van der Waals surface area contributed by atoms with E-state index in [2.05, 4.69) is 20.5 Å². The van der Waals surface area contributed by atoms with Crippen LogP contribution in [0.2, 0.25) is 0 Å². The van der Waals surface area contributed by atoms with Crippen molar-refractivity contribution in [1.29, 1.82) is 0 Å². The van der Waals surface area contributed by atoms with Gasteiger partial charge in [-0.15, -0.1) is 10.2 Å². The molecule has 0 spiro atoms. The molecule has 2 aromatic heterocycles. The quantitative estimate of drug-likeness (QED) is 0.581. The van der Waals surface area contributed by atoms with Crippen LogP contribution in [-0.4, -0.2) is 39.3 Å². The molecule has 3 N–H and O–H groups in total. The second kappa shape index (κ2) is 8.09. The Morgan fingerprint density at radius 2 is 1.79 bits per heavy atom. The zero-order valence-corrected chi connectivity index (χ0v) is 16.7. The lowest BCUT2D eigenvalue weighted by molar-refractivity contribution is -0.115. The van der Waals surface area contributed by atoms with Gasteiger partial charge in [0.15, 0.2) is 11.0 Å². The number of benzene rings is 1. The van der Waals surface area contributed by atoms with Gasteiger partial charge in [-0.1, -0.05) is 11.8 Å². The number of carbonyl (C=O) groups excluding carboxylic acids is 1. The number of hydrogen-bond acceptors (Lipinski definition) is 7. The van der Waals surface area contributed by atoms with E-state index in [0.717, 1.165) is 5.56 Å². The number of carbonyl (C=O) groups is 1. The molecule has 11 heteroatoms. The third-order valence-corrected chi connectivity index (χ3v) is 5.94. The summed E-state index contributed by atoms with van der Waals surface area (Å²) in [4.78, 5) is 16.4. The minimum absolute atomic E-state index is 0.0179.